The summed E-state index contributed by atoms with van der Waals surface area (Å²) in [6.07, 6.45) is 16.0. The Morgan fingerprint density at radius 3 is 1.82 bits per heavy atom. The van der Waals surface area contributed by atoms with Crippen LogP contribution in [0.1, 0.15) is 12.8 Å². The molecule has 1 heteroatoms. The van der Waals surface area contributed by atoms with Crippen LogP contribution in [0.2, 0.25) is 0 Å². The molecule has 2 aliphatic rings. The molecule has 0 saturated carbocycles. The van der Waals surface area contributed by atoms with E-state index in [4.69, 9.17) is 0 Å². The van der Waals surface area contributed by atoms with E-state index in [1.54, 1.807) is 8.81 Å². The number of hydrogen-bond donors (Lipinski definition) is 0. The molecular weight excluding hydrogens is 193 g/mol. The van der Waals surface area contributed by atoms with Gasteiger partial charge in [0.05, 0.1) is 0 Å². The molecule has 0 atom stereocenters. The van der Waals surface area contributed by atoms with Gasteiger partial charge in [0.2, 0.25) is 0 Å². The first-order valence-electron chi connectivity index (χ1n) is 4.01. The molecule has 0 amide bonds. The van der Waals surface area contributed by atoms with Crippen molar-refractivity contribution in [1.82, 2.24) is 0 Å². The maximum absolute atomic E-state index is 2.30. The normalized spacial score (nSPS) is 20.7. The summed E-state index contributed by atoms with van der Waals surface area (Å²) < 4.78 is 3.42. The fourth-order valence-corrected chi connectivity index (χ4v) is 4.31. The third-order valence-corrected chi connectivity index (χ3v) is 5.32. The summed E-state index contributed by atoms with van der Waals surface area (Å²) in [7, 11) is 0. The molecule has 0 bridgehead atoms. The van der Waals surface area contributed by atoms with Crippen molar-refractivity contribution in [3.8, 4) is 0 Å². The number of rotatable bonds is 2. The molecule has 0 saturated heterocycles. The molecule has 0 nitrogen and oxygen atoms in total. The van der Waals surface area contributed by atoms with E-state index in [0.717, 1.165) is 0 Å². The summed E-state index contributed by atoms with van der Waals surface area (Å²) in [6.45, 7) is 0. The van der Waals surface area contributed by atoms with E-state index in [2.05, 4.69) is 36.5 Å². The van der Waals surface area contributed by atoms with Gasteiger partial charge in [0.25, 0.3) is 0 Å². The van der Waals surface area contributed by atoms with Crippen LogP contribution in [0.3, 0.4) is 0 Å². The van der Waals surface area contributed by atoms with Gasteiger partial charge >= 0.3 is 73.5 Å². The molecule has 0 unspecified atom stereocenters. The Morgan fingerprint density at radius 1 is 0.909 bits per heavy atom. The zero-order valence-electron chi connectivity index (χ0n) is 6.46. The first kappa shape index (κ1) is 7.17. The monoisotopic (exact) mass is 205 g/mol. The number of allylic oxidation sites excluding steroid dienone is 8. The van der Waals surface area contributed by atoms with Crippen molar-refractivity contribution in [2.75, 3.05) is 0 Å². The van der Waals surface area contributed by atoms with Crippen LogP contribution in [-0.2, 0) is 0 Å². The van der Waals surface area contributed by atoms with E-state index in [9.17, 15) is 0 Å². The van der Waals surface area contributed by atoms with E-state index in [0.29, 0.717) is 0 Å². The van der Waals surface area contributed by atoms with Gasteiger partial charge < -0.3 is 0 Å². The molecule has 0 aromatic carbocycles. The van der Waals surface area contributed by atoms with Crippen LogP contribution in [0, 0.1) is 0 Å². The summed E-state index contributed by atoms with van der Waals surface area (Å²) in [5.74, 6) is 0. The fourth-order valence-electron chi connectivity index (χ4n) is 1.38. The summed E-state index contributed by atoms with van der Waals surface area (Å²) in [5.41, 5.74) is 0. The molecule has 11 heavy (non-hydrogen) atoms. The second-order valence-corrected chi connectivity index (χ2v) is 6.61. The van der Waals surface area contributed by atoms with E-state index in [1.807, 2.05) is 0 Å². The van der Waals surface area contributed by atoms with Gasteiger partial charge in [0.15, 0.2) is 0 Å². The van der Waals surface area contributed by atoms with E-state index in [-0.39, 0.29) is 15.4 Å². The van der Waals surface area contributed by atoms with Crippen LogP contribution in [0.4, 0.5) is 0 Å². The van der Waals surface area contributed by atoms with E-state index >= 15 is 0 Å². The van der Waals surface area contributed by atoms with Crippen LogP contribution < -0.4 is 0 Å². The SMILES string of the molecule is C1=CC[C]([GeH][C]2=CC=CC2)=C1. The standard InChI is InChI=1S/C10H11Ge/c1-2-6-9(5-1)11-10-7-3-4-8-10/h1-5,7,11H,6,8H2. The quantitative estimate of drug-likeness (QED) is 0.604. The fraction of sp³-hybridized carbons (Fsp3) is 0.200. The molecule has 0 fully saturated rings. The van der Waals surface area contributed by atoms with Gasteiger partial charge in [-0.25, -0.2) is 0 Å². The van der Waals surface area contributed by atoms with Crippen molar-refractivity contribution in [1.29, 1.82) is 0 Å². The molecular formula is C10H11Ge. The second-order valence-electron chi connectivity index (χ2n) is 2.89. The topological polar surface area (TPSA) is 0 Å². The Bertz CT molecular complexity index is 239. The number of hydrogen-bond acceptors (Lipinski definition) is 0. The van der Waals surface area contributed by atoms with Gasteiger partial charge in [0, 0.05) is 0 Å². The first-order chi connectivity index (χ1) is 5.45. The third kappa shape index (κ3) is 1.75. The second kappa shape index (κ2) is 3.27. The van der Waals surface area contributed by atoms with Crippen LogP contribution >= 0.6 is 0 Å². The van der Waals surface area contributed by atoms with Gasteiger partial charge in [-0.15, -0.1) is 0 Å². The summed E-state index contributed by atoms with van der Waals surface area (Å²) >= 11 is -0.191. The zero-order valence-corrected chi connectivity index (χ0v) is 8.88. The zero-order chi connectivity index (χ0) is 7.52. The molecule has 0 spiro atoms. The minimum atomic E-state index is -0.191. The van der Waals surface area contributed by atoms with Crippen LogP contribution in [0.25, 0.3) is 0 Å². The summed E-state index contributed by atoms with van der Waals surface area (Å²) in [5, 5.41) is 0. The van der Waals surface area contributed by atoms with Crippen molar-refractivity contribution in [2.45, 2.75) is 12.8 Å². The summed E-state index contributed by atoms with van der Waals surface area (Å²) in [6, 6.07) is 0. The molecule has 0 N–H and O–H groups in total. The van der Waals surface area contributed by atoms with Crippen molar-refractivity contribution in [2.24, 2.45) is 0 Å². The Kier molecular flexibility index (Phi) is 2.13. The predicted molar refractivity (Wildman–Crippen MR) is 50.8 cm³/mol. The molecule has 55 valence electrons. The molecule has 0 aromatic heterocycles. The Labute approximate surface area is 73.9 Å². The predicted octanol–water partition coefficient (Wildman–Crippen LogP) is 2.11. The van der Waals surface area contributed by atoms with E-state index < -0.39 is 0 Å². The van der Waals surface area contributed by atoms with Gasteiger partial charge in [-0.1, -0.05) is 0 Å². The average Bonchev–Trinajstić information content (AvgIpc) is 2.60. The Morgan fingerprint density at radius 2 is 1.45 bits per heavy atom. The van der Waals surface area contributed by atoms with E-state index in [1.165, 1.54) is 12.8 Å². The molecule has 0 aliphatic heterocycles. The van der Waals surface area contributed by atoms with Crippen molar-refractivity contribution in [3.05, 3.63) is 45.3 Å². The van der Waals surface area contributed by atoms with Crippen LogP contribution in [0.5, 0.6) is 0 Å². The van der Waals surface area contributed by atoms with Gasteiger partial charge in [-0.2, -0.15) is 0 Å². The van der Waals surface area contributed by atoms with Crippen molar-refractivity contribution in [3.63, 3.8) is 0 Å². The van der Waals surface area contributed by atoms with Crippen molar-refractivity contribution >= 4 is 15.4 Å². The molecule has 0 aromatic rings. The maximum atomic E-state index is 2.30. The minimum absolute atomic E-state index is 0.191. The van der Waals surface area contributed by atoms with Crippen LogP contribution in [0.15, 0.2) is 45.3 Å². The molecule has 2 aliphatic carbocycles. The van der Waals surface area contributed by atoms with Crippen LogP contribution in [-0.4, -0.2) is 15.4 Å². The molecule has 0 heterocycles. The van der Waals surface area contributed by atoms with Gasteiger partial charge in [-0.05, 0) is 0 Å². The summed E-state index contributed by atoms with van der Waals surface area (Å²) in [4.78, 5) is 0. The first-order valence-corrected chi connectivity index (χ1v) is 6.43. The Balaban J connectivity index is 1.91. The third-order valence-electron chi connectivity index (χ3n) is 1.97. The van der Waals surface area contributed by atoms with Crippen molar-refractivity contribution < 1.29 is 0 Å². The Hall–Kier alpha value is -0.497. The molecule has 2 rings (SSSR count). The molecule has 1 radical (unpaired) electrons. The average molecular weight is 204 g/mol. The van der Waals surface area contributed by atoms with Gasteiger partial charge in [-0.3, -0.25) is 0 Å². The van der Waals surface area contributed by atoms with Gasteiger partial charge in [0.1, 0.15) is 0 Å².